The first kappa shape index (κ1) is 21.7. The lowest BCUT2D eigenvalue weighted by Gasteiger charge is -2.25. The summed E-state index contributed by atoms with van der Waals surface area (Å²) in [7, 11) is -3.51. The summed E-state index contributed by atoms with van der Waals surface area (Å²) in [6.45, 7) is 2.91. The van der Waals surface area contributed by atoms with Gasteiger partial charge in [-0.2, -0.15) is 4.31 Å². The zero-order valence-corrected chi connectivity index (χ0v) is 18.8. The molecule has 2 aromatic heterocycles. The molecule has 1 aromatic carbocycles. The summed E-state index contributed by atoms with van der Waals surface area (Å²) >= 11 is 1.28. The second-order valence-electron chi connectivity index (χ2n) is 7.42. The molecule has 1 N–H and O–H groups in total. The van der Waals surface area contributed by atoms with Gasteiger partial charge in [0.15, 0.2) is 0 Å². The fraction of sp³-hybridized carbons (Fsp3) is 0.318. The lowest BCUT2D eigenvalue weighted by Crippen LogP contribution is -2.35. The van der Waals surface area contributed by atoms with Gasteiger partial charge in [0.1, 0.15) is 4.90 Å². The van der Waals surface area contributed by atoms with Gasteiger partial charge in [0, 0.05) is 30.9 Å². The van der Waals surface area contributed by atoms with Crippen LogP contribution in [0.15, 0.2) is 64.8 Å². The number of fused-ring (bicyclic) bond motifs is 1. The number of anilines is 1. The van der Waals surface area contributed by atoms with E-state index in [2.05, 4.69) is 15.3 Å². The minimum absolute atomic E-state index is 0.159. The van der Waals surface area contributed by atoms with Crippen LogP contribution in [0.5, 0.6) is 0 Å². The molecule has 1 aliphatic heterocycles. The van der Waals surface area contributed by atoms with Crippen LogP contribution in [0.25, 0.3) is 10.9 Å². The Morgan fingerprint density at radius 3 is 2.61 bits per heavy atom. The van der Waals surface area contributed by atoms with Crippen LogP contribution < -0.4 is 5.32 Å². The van der Waals surface area contributed by atoms with Gasteiger partial charge in [-0.3, -0.25) is 9.78 Å². The largest absolute Gasteiger partial charge is 0.324 e. The standard InChI is InChI=1S/C22H24N4O3S2/c1-16(22(27)25-20-9-5-8-19-18(20)7-6-12-23-19)30-21-11-10-17(15-24-21)31(28,29)26-13-3-2-4-14-26/h5-12,15-16H,2-4,13-14H2,1H3,(H,25,27). The van der Waals surface area contributed by atoms with Crippen molar-refractivity contribution in [2.75, 3.05) is 18.4 Å². The smallest absolute Gasteiger partial charge is 0.244 e. The van der Waals surface area contributed by atoms with Gasteiger partial charge >= 0.3 is 0 Å². The number of sulfonamides is 1. The number of thioether (sulfide) groups is 1. The summed E-state index contributed by atoms with van der Waals surface area (Å²) in [5, 5.41) is 4.01. The summed E-state index contributed by atoms with van der Waals surface area (Å²) in [6, 6.07) is 12.6. The minimum atomic E-state index is -3.51. The molecular weight excluding hydrogens is 432 g/mol. The van der Waals surface area contributed by atoms with Crippen molar-refractivity contribution >= 4 is 44.3 Å². The molecule has 9 heteroatoms. The molecular formula is C22H24N4O3S2. The fourth-order valence-electron chi connectivity index (χ4n) is 3.52. The van der Waals surface area contributed by atoms with E-state index in [4.69, 9.17) is 0 Å². The number of rotatable bonds is 6. The maximum Gasteiger partial charge on any atom is 0.244 e. The Morgan fingerprint density at radius 1 is 1.06 bits per heavy atom. The molecule has 1 aliphatic rings. The van der Waals surface area contributed by atoms with Gasteiger partial charge in [0.2, 0.25) is 15.9 Å². The third-order valence-corrected chi connectivity index (χ3v) is 8.17. The maximum atomic E-state index is 12.7. The highest BCUT2D eigenvalue weighted by molar-refractivity contribution is 8.00. The van der Waals surface area contributed by atoms with E-state index in [1.54, 1.807) is 25.3 Å². The van der Waals surface area contributed by atoms with Crippen LogP contribution in [0.2, 0.25) is 0 Å². The summed E-state index contributed by atoms with van der Waals surface area (Å²) < 4.78 is 27.0. The number of hydrogen-bond donors (Lipinski definition) is 1. The van der Waals surface area contributed by atoms with E-state index in [0.29, 0.717) is 23.8 Å². The normalized spacial score (nSPS) is 16.2. The van der Waals surface area contributed by atoms with Crippen LogP contribution in [-0.4, -0.2) is 46.9 Å². The predicted octanol–water partition coefficient (Wildman–Crippen LogP) is 3.92. The molecule has 1 saturated heterocycles. The van der Waals surface area contributed by atoms with Crippen LogP contribution >= 0.6 is 11.8 Å². The third kappa shape index (κ3) is 4.89. The first-order valence-electron chi connectivity index (χ1n) is 10.2. The number of carbonyl (C=O) groups excluding carboxylic acids is 1. The van der Waals surface area contributed by atoms with Crippen LogP contribution in [0.1, 0.15) is 26.2 Å². The lowest BCUT2D eigenvalue weighted by molar-refractivity contribution is -0.115. The summed E-state index contributed by atoms with van der Waals surface area (Å²) in [5.41, 5.74) is 1.52. The van der Waals surface area contributed by atoms with E-state index < -0.39 is 15.3 Å². The van der Waals surface area contributed by atoms with Crippen molar-refractivity contribution in [2.45, 2.75) is 41.4 Å². The molecule has 0 aliphatic carbocycles. The fourth-order valence-corrected chi connectivity index (χ4v) is 5.78. The molecule has 1 atom stereocenters. The molecule has 0 bridgehead atoms. The highest BCUT2D eigenvalue weighted by Crippen LogP contribution is 2.27. The number of aromatic nitrogens is 2. The summed E-state index contributed by atoms with van der Waals surface area (Å²) in [4.78, 5) is 21.5. The number of nitrogens with zero attached hydrogens (tertiary/aromatic N) is 3. The van der Waals surface area contributed by atoms with Crippen molar-refractivity contribution in [3.63, 3.8) is 0 Å². The zero-order valence-electron chi connectivity index (χ0n) is 17.2. The van der Waals surface area contributed by atoms with Crippen LogP contribution in [0.3, 0.4) is 0 Å². The van der Waals surface area contributed by atoms with E-state index in [9.17, 15) is 13.2 Å². The van der Waals surface area contributed by atoms with Crippen molar-refractivity contribution in [3.8, 4) is 0 Å². The number of nitrogens with one attached hydrogen (secondary N) is 1. The van der Waals surface area contributed by atoms with Crippen molar-refractivity contribution < 1.29 is 13.2 Å². The second kappa shape index (κ2) is 9.33. The predicted molar refractivity (Wildman–Crippen MR) is 123 cm³/mol. The molecule has 4 rings (SSSR count). The van der Waals surface area contributed by atoms with Gasteiger partial charge in [-0.15, -0.1) is 0 Å². The van der Waals surface area contributed by atoms with Gasteiger partial charge in [0.05, 0.1) is 21.5 Å². The number of piperidine rings is 1. The number of amides is 1. The Labute approximate surface area is 186 Å². The van der Waals surface area contributed by atoms with Crippen LogP contribution in [0.4, 0.5) is 5.69 Å². The van der Waals surface area contributed by atoms with Gasteiger partial charge in [0.25, 0.3) is 0 Å². The molecule has 3 aromatic rings. The van der Waals surface area contributed by atoms with E-state index in [1.165, 1.54) is 22.3 Å². The Balaban J connectivity index is 1.42. The van der Waals surface area contributed by atoms with Crippen LogP contribution in [0, 0.1) is 0 Å². The van der Waals surface area contributed by atoms with Gasteiger partial charge in [-0.05, 0) is 56.2 Å². The zero-order chi connectivity index (χ0) is 21.8. The van der Waals surface area contributed by atoms with Crippen molar-refractivity contribution in [2.24, 2.45) is 0 Å². The van der Waals surface area contributed by atoms with Crippen molar-refractivity contribution in [1.82, 2.24) is 14.3 Å². The molecule has 3 heterocycles. The Hall–Kier alpha value is -2.49. The van der Waals surface area contributed by atoms with Crippen molar-refractivity contribution in [3.05, 3.63) is 54.9 Å². The minimum Gasteiger partial charge on any atom is -0.324 e. The number of carbonyl (C=O) groups is 1. The van der Waals surface area contributed by atoms with E-state index in [0.717, 1.165) is 30.2 Å². The van der Waals surface area contributed by atoms with Crippen molar-refractivity contribution in [1.29, 1.82) is 0 Å². The topological polar surface area (TPSA) is 92.3 Å². The molecule has 0 saturated carbocycles. The molecule has 1 unspecified atom stereocenters. The molecule has 7 nitrogen and oxygen atoms in total. The van der Waals surface area contributed by atoms with E-state index >= 15 is 0 Å². The Kier molecular flexibility index (Phi) is 6.54. The Morgan fingerprint density at radius 2 is 1.87 bits per heavy atom. The van der Waals surface area contributed by atoms with Gasteiger partial charge in [-0.25, -0.2) is 13.4 Å². The quantitative estimate of drug-likeness (QED) is 0.565. The third-order valence-electron chi connectivity index (χ3n) is 5.23. The molecule has 162 valence electrons. The number of benzene rings is 1. The second-order valence-corrected chi connectivity index (χ2v) is 10.7. The molecule has 0 radical (unpaired) electrons. The lowest BCUT2D eigenvalue weighted by atomic mass is 10.2. The molecule has 31 heavy (non-hydrogen) atoms. The first-order valence-corrected chi connectivity index (χ1v) is 12.5. The monoisotopic (exact) mass is 456 g/mol. The first-order chi connectivity index (χ1) is 14.9. The average molecular weight is 457 g/mol. The molecule has 1 amide bonds. The van der Waals surface area contributed by atoms with Crippen LogP contribution in [-0.2, 0) is 14.8 Å². The SMILES string of the molecule is CC(Sc1ccc(S(=O)(=O)N2CCCCC2)cn1)C(=O)Nc1cccc2ncccc12. The molecule has 1 fully saturated rings. The highest BCUT2D eigenvalue weighted by Gasteiger charge is 2.26. The number of pyridine rings is 2. The highest BCUT2D eigenvalue weighted by atomic mass is 32.2. The summed E-state index contributed by atoms with van der Waals surface area (Å²) in [6.07, 6.45) is 5.94. The maximum absolute atomic E-state index is 12.7. The molecule has 0 spiro atoms. The summed E-state index contributed by atoms with van der Waals surface area (Å²) in [5.74, 6) is -0.159. The van der Waals surface area contributed by atoms with Gasteiger partial charge < -0.3 is 5.32 Å². The van der Waals surface area contributed by atoms with E-state index in [-0.39, 0.29) is 10.8 Å². The van der Waals surface area contributed by atoms with E-state index in [1.807, 2.05) is 30.3 Å². The Bertz CT molecular complexity index is 1170. The average Bonchev–Trinajstić information content (AvgIpc) is 2.80. The van der Waals surface area contributed by atoms with Gasteiger partial charge in [-0.1, -0.05) is 24.2 Å². The number of hydrogen-bond acceptors (Lipinski definition) is 6.